The van der Waals surface area contributed by atoms with Crippen molar-refractivity contribution in [2.75, 3.05) is 47.3 Å². The second-order valence-corrected chi connectivity index (χ2v) is 4.22. The van der Waals surface area contributed by atoms with Gasteiger partial charge < -0.3 is 25.5 Å². The lowest BCUT2D eigenvalue weighted by Crippen LogP contribution is -2.48. The Morgan fingerprint density at radius 3 is 2.00 bits per heavy atom. The molecule has 3 N–H and O–H groups in total. The summed E-state index contributed by atoms with van der Waals surface area (Å²) in [6.45, 7) is 0.117. The van der Waals surface area contributed by atoms with Crippen LogP contribution in [0.2, 0.25) is 0 Å². The van der Waals surface area contributed by atoms with Gasteiger partial charge in [0, 0.05) is 20.1 Å². The zero-order chi connectivity index (χ0) is 14.3. The number of rotatable bonds is 7. The summed E-state index contributed by atoms with van der Waals surface area (Å²) in [7, 11) is 5.26. The number of carbonyl (C=O) groups excluding carboxylic acids is 2. The molecule has 0 bridgehead atoms. The van der Waals surface area contributed by atoms with E-state index in [1.165, 1.54) is 4.90 Å². The molecule has 0 unspecified atom stereocenters. The monoisotopic (exact) mass is 260 g/mol. The highest BCUT2D eigenvalue weighted by molar-refractivity contribution is 5.85. The molecule has 0 aromatic carbocycles. The predicted molar refractivity (Wildman–Crippen MR) is 65.0 cm³/mol. The van der Waals surface area contributed by atoms with Gasteiger partial charge in [0.05, 0.1) is 0 Å². The number of hydrogen-bond acceptors (Lipinski definition) is 4. The molecule has 0 aromatic heterocycles. The molecule has 0 radical (unpaired) electrons. The van der Waals surface area contributed by atoms with Crippen LogP contribution in [0, 0.1) is 0 Å². The fourth-order valence-electron chi connectivity index (χ4n) is 1.23. The van der Waals surface area contributed by atoms with E-state index in [-0.39, 0.29) is 0 Å². The highest BCUT2D eigenvalue weighted by Gasteiger charge is 2.21. The summed E-state index contributed by atoms with van der Waals surface area (Å²) >= 11 is 0. The minimum Gasteiger partial charge on any atom is -0.480 e. The first kappa shape index (κ1) is 16.2. The smallest absolute Gasteiger partial charge is 0.323 e. The minimum absolute atomic E-state index is 0.405. The van der Waals surface area contributed by atoms with E-state index in [1.807, 2.05) is 19.0 Å². The number of amides is 3. The first-order valence-corrected chi connectivity index (χ1v) is 5.39. The molecule has 0 aliphatic heterocycles. The van der Waals surface area contributed by atoms with Gasteiger partial charge in [-0.25, -0.2) is 4.79 Å². The van der Waals surface area contributed by atoms with Crippen LogP contribution in [0.5, 0.6) is 0 Å². The molecule has 0 atom stereocenters. The van der Waals surface area contributed by atoms with Gasteiger partial charge >= 0.3 is 12.0 Å². The molecule has 0 spiro atoms. The average molecular weight is 260 g/mol. The van der Waals surface area contributed by atoms with Gasteiger partial charge in [-0.2, -0.15) is 0 Å². The van der Waals surface area contributed by atoms with Crippen LogP contribution in [0.4, 0.5) is 4.79 Å². The molecule has 0 saturated heterocycles. The summed E-state index contributed by atoms with van der Waals surface area (Å²) < 4.78 is 0. The van der Waals surface area contributed by atoms with Crippen molar-refractivity contribution in [3.8, 4) is 0 Å². The number of nitrogens with two attached hydrogens (primary N) is 1. The van der Waals surface area contributed by atoms with Crippen molar-refractivity contribution in [1.82, 2.24) is 14.7 Å². The summed E-state index contributed by atoms with van der Waals surface area (Å²) in [5.41, 5.74) is 4.98. The lowest BCUT2D eigenvalue weighted by Gasteiger charge is -2.26. The second kappa shape index (κ2) is 7.49. The van der Waals surface area contributed by atoms with Crippen molar-refractivity contribution in [3.05, 3.63) is 0 Å². The highest BCUT2D eigenvalue weighted by atomic mass is 16.4. The van der Waals surface area contributed by atoms with E-state index >= 15 is 0 Å². The molecule has 0 rings (SSSR count). The summed E-state index contributed by atoms with van der Waals surface area (Å²) in [6.07, 6.45) is 0. The zero-order valence-corrected chi connectivity index (χ0v) is 10.9. The Bertz CT molecular complexity index is 303. The molecule has 8 nitrogen and oxygen atoms in total. The van der Waals surface area contributed by atoms with Crippen LogP contribution in [0.15, 0.2) is 0 Å². The van der Waals surface area contributed by atoms with Gasteiger partial charge in [-0.3, -0.25) is 9.59 Å². The first-order valence-electron chi connectivity index (χ1n) is 5.39. The van der Waals surface area contributed by atoms with E-state index in [4.69, 9.17) is 10.8 Å². The Balaban J connectivity index is 4.52. The molecule has 0 heterocycles. The number of hydrogen-bond donors (Lipinski definition) is 2. The maximum Gasteiger partial charge on any atom is 0.323 e. The topological polar surface area (TPSA) is 107 Å². The normalized spacial score (nSPS) is 10.2. The Kier molecular flexibility index (Phi) is 6.73. The Morgan fingerprint density at radius 1 is 1.06 bits per heavy atom. The van der Waals surface area contributed by atoms with Crippen LogP contribution < -0.4 is 5.73 Å². The van der Waals surface area contributed by atoms with Crippen LogP contribution in [-0.2, 0) is 9.59 Å². The molecule has 0 aromatic rings. The molecule has 3 amide bonds. The second-order valence-electron chi connectivity index (χ2n) is 4.22. The van der Waals surface area contributed by atoms with E-state index < -0.39 is 31.0 Å². The van der Waals surface area contributed by atoms with Crippen molar-refractivity contribution >= 4 is 17.9 Å². The maximum atomic E-state index is 11.9. The SMILES string of the molecule is CN(C)CCN(C)C(=O)N(CC(N)=O)CC(=O)O. The van der Waals surface area contributed by atoms with E-state index in [0.717, 1.165) is 4.90 Å². The number of urea groups is 1. The standard InChI is InChI=1S/C10H20N4O4/c1-12(2)4-5-13(3)10(18)14(6-8(11)15)7-9(16)17/h4-7H2,1-3H3,(H2,11,15)(H,16,17). The fraction of sp³-hybridized carbons (Fsp3) is 0.700. The number of carboxylic acids is 1. The third-order valence-corrected chi connectivity index (χ3v) is 2.15. The molecular weight excluding hydrogens is 240 g/mol. The van der Waals surface area contributed by atoms with E-state index in [2.05, 4.69) is 0 Å². The Hall–Kier alpha value is -1.83. The van der Waals surface area contributed by atoms with E-state index in [9.17, 15) is 14.4 Å². The number of primary amides is 1. The summed E-state index contributed by atoms with van der Waals surface area (Å²) in [5.74, 6) is -1.93. The van der Waals surface area contributed by atoms with Crippen molar-refractivity contribution in [1.29, 1.82) is 0 Å². The van der Waals surface area contributed by atoms with Gasteiger partial charge in [0.1, 0.15) is 13.1 Å². The van der Waals surface area contributed by atoms with Crippen molar-refractivity contribution < 1.29 is 19.5 Å². The third kappa shape index (κ3) is 6.69. The lowest BCUT2D eigenvalue weighted by molar-refractivity contribution is -0.138. The largest absolute Gasteiger partial charge is 0.480 e. The average Bonchev–Trinajstić information content (AvgIpc) is 2.22. The molecule has 8 heteroatoms. The zero-order valence-electron chi connectivity index (χ0n) is 10.9. The van der Waals surface area contributed by atoms with Crippen LogP contribution in [-0.4, -0.2) is 85.0 Å². The Morgan fingerprint density at radius 2 is 1.61 bits per heavy atom. The van der Waals surface area contributed by atoms with E-state index in [0.29, 0.717) is 13.1 Å². The van der Waals surface area contributed by atoms with Crippen LogP contribution >= 0.6 is 0 Å². The predicted octanol–water partition coefficient (Wildman–Crippen LogP) is -1.53. The van der Waals surface area contributed by atoms with Crippen molar-refractivity contribution in [2.45, 2.75) is 0 Å². The van der Waals surface area contributed by atoms with Crippen molar-refractivity contribution in [3.63, 3.8) is 0 Å². The molecule has 0 aliphatic carbocycles. The van der Waals surface area contributed by atoms with Crippen LogP contribution in [0.1, 0.15) is 0 Å². The number of likely N-dealkylation sites (N-methyl/N-ethyl adjacent to an activating group) is 2. The maximum absolute atomic E-state index is 11.9. The molecule has 0 fully saturated rings. The van der Waals surface area contributed by atoms with Gasteiger partial charge in [-0.05, 0) is 14.1 Å². The van der Waals surface area contributed by atoms with Crippen LogP contribution in [0.3, 0.4) is 0 Å². The molecule has 0 saturated carbocycles. The number of nitrogens with zero attached hydrogens (tertiary/aromatic N) is 3. The van der Waals surface area contributed by atoms with Crippen molar-refractivity contribution in [2.24, 2.45) is 5.73 Å². The van der Waals surface area contributed by atoms with Gasteiger partial charge in [0.25, 0.3) is 0 Å². The minimum atomic E-state index is -1.19. The molecule has 104 valence electrons. The lowest BCUT2D eigenvalue weighted by atomic mass is 10.4. The van der Waals surface area contributed by atoms with E-state index in [1.54, 1.807) is 7.05 Å². The van der Waals surface area contributed by atoms with Gasteiger partial charge in [0.15, 0.2) is 0 Å². The van der Waals surface area contributed by atoms with Crippen LogP contribution in [0.25, 0.3) is 0 Å². The summed E-state index contributed by atoms with van der Waals surface area (Å²) in [4.78, 5) is 37.4. The first-order chi connectivity index (χ1) is 8.23. The Labute approximate surface area is 106 Å². The number of aliphatic carboxylic acids is 1. The highest BCUT2D eigenvalue weighted by Crippen LogP contribution is 1.97. The summed E-state index contributed by atoms with van der Waals surface area (Å²) in [5, 5.41) is 8.67. The molecule has 0 aliphatic rings. The summed E-state index contributed by atoms with van der Waals surface area (Å²) in [6, 6.07) is -0.530. The van der Waals surface area contributed by atoms with Gasteiger partial charge in [-0.15, -0.1) is 0 Å². The third-order valence-electron chi connectivity index (χ3n) is 2.15. The molecule has 18 heavy (non-hydrogen) atoms. The van der Waals surface area contributed by atoms with Gasteiger partial charge in [-0.1, -0.05) is 0 Å². The number of carboxylic acid groups (broad SMARTS) is 1. The number of carbonyl (C=O) groups is 3. The molecular formula is C10H20N4O4. The fourth-order valence-corrected chi connectivity index (χ4v) is 1.23. The van der Waals surface area contributed by atoms with Gasteiger partial charge in [0.2, 0.25) is 5.91 Å². The quantitative estimate of drug-likeness (QED) is 0.577.